The van der Waals surface area contributed by atoms with Crippen LogP contribution in [0, 0.1) is 0 Å². The van der Waals surface area contributed by atoms with Gasteiger partial charge in [0.1, 0.15) is 6.54 Å². The minimum atomic E-state index is -3.38. The van der Waals surface area contributed by atoms with Crippen molar-refractivity contribution < 1.29 is 13.2 Å². The zero-order valence-corrected chi connectivity index (χ0v) is 17.8. The van der Waals surface area contributed by atoms with E-state index in [4.69, 9.17) is 11.6 Å². The summed E-state index contributed by atoms with van der Waals surface area (Å²) < 4.78 is 24.9. The first-order valence-corrected chi connectivity index (χ1v) is 11.5. The van der Waals surface area contributed by atoms with Crippen LogP contribution >= 0.6 is 11.6 Å². The highest BCUT2D eigenvalue weighted by atomic mass is 35.5. The lowest BCUT2D eigenvalue weighted by molar-refractivity contribution is -0.119. The lowest BCUT2D eigenvalue weighted by atomic mass is 10.1. The highest BCUT2D eigenvalue weighted by molar-refractivity contribution is 7.94. The van der Waals surface area contributed by atoms with Gasteiger partial charge in [0.05, 0.1) is 17.5 Å². The number of carbonyl (C=O) groups excluding carboxylic acids is 1. The van der Waals surface area contributed by atoms with Crippen LogP contribution in [-0.4, -0.2) is 35.9 Å². The molecule has 0 spiro atoms. The fourth-order valence-electron chi connectivity index (χ4n) is 3.37. The van der Waals surface area contributed by atoms with Crippen molar-refractivity contribution in [3.05, 3.63) is 93.6 Å². The van der Waals surface area contributed by atoms with Crippen LogP contribution in [0.3, 0.4) is 0 Å². The van der Waals surface area contributed by atoms with Crippen molar-refractivity contribution in [2.45, 2.75) is 12.6 Å². The van der Waals surface area contributed by atoms with Crippen molar-refractivity contribution in [1.29, 1.82) is 0 Å². The number of nitrogens with zero attached hydrogens (tertiary/aromatic N) is 3. The van der Waals surface area contributed by atoms with Crippen LogP contribution in [0.4, 0.5) is 5.69 Å². The first-order chi connectivity index (χ1) is 14.8. The lowest BCUT2D eigenvalue weighted by Gasteiger charge is -2.27. The van der Waals surface area contributed by atoms with E-state index in [1.807, 2.05) is 0 Å². The van der Waals surface area contributed by atoms with Gasteiger partial charge in [0, 0.05) is 27.7 Å². The Bertz CT molecular complexity index is 1300. The van der Waals surface area contributed by atoms with E-state index in [9.17, 15) is 18.0 Å². The second-order valence-corrected chi connectivity index (χ2v) is 9.41. The zero-order chi connectivity index (χ0) is 22.0. The number of hydrogen-bond donors (Lipinski definition) is 0. The van der Waals surface area contributed by atoms with Gasteiger partial charge in [-0.15, -0.1) is 0 Å². The van der Waals surface area contributed by atoms with E-state index in [0.29, 0.717) is 16.4 Å². The smallest absolute Gasteiger partial charge is 0.267 e. The van der Waals surface area contributed by atoms with Gasteiger partial charge in [-0.2, -0.15) is 5.10 Å². The lowest BCUT2D eigenvalue weighted by Crippen LogP contribution is -2.44. The molecule has 1 aromatic heterocycles. The molecular formula is C22H18ClN3O4S. The maximum atomic E-state index is 13.2. The molecule has 4 rings (SSSR count). The maximum Gasteiger partial charge on any atom is 0.267 e. The monoisotopic (exact) mass is 455 g/mol. The molecule has 0 saturated heterocycles. The van der Waals surface area contributed by atoms with Crippen molar-refractivity contribution in [2.75, 3.05) is 10.7 Å². The third kappa shape index (κ3) is 4.76. The number of aromatic nitrogens is 2. The van der Waals surface area contributed by atoms with Crippen LogP contribution in [0.15, 0.2) is 83.0 Å². The minimum Gasteiger partial charge on any atom is -0.303 e. The highest BCUT2D eigenvalue weighted by Gasteiger charge is 2.31. The first kappa shape index (κ1) is 21.0. The van der Waals surface area contributed by atoms with Crippen molar-refractivity contribution in [1.82, 2.24) is 9.78 Å². The Morgan fingerprint density at radius 1 is 1.06 bits per heavy atom. The minimum absolute atomic E-state index is 0.208. The second kappa shape index (κ2) is 8.49. The number of carbonyl (C=O) groups is 1. The molecule has 0 saturated carbocycles. The van der Waals surface area contributed by atoms with Crippen molar-refractivity contribution >= 4 is 33.0 Å². The fraction of sp³-hybridized carbons (Fsp3) is 0.136. The van der Waals surface area contributed by atoms with Crippen LogP contribution in [0.2, 0.25) is 5.02 Å². The van der Waals surface area contributed by atoms with Crippen LogP contribution in [0.1, 0.15) is 0 Å². The fourth-order valence-corrected chi connectivity index (χ4v) is 4.76. The Morgan fingerprint density at radius 3 is 2.42 bits per heavy atom. The molecular weight excluding hydrogens is 438 g/mol. The predicted molar refractivity (Wildman–Crippen MR) is 120 cm³/mol. The molecule has 7 nitrogen and oxygen atoms in total. The zero-order valence-electron chi connectivity index (χ0n) is 16.3. The van der Waals surface area contributed by atoms with E-state index in [2.05, 4.69) is 5.10 Å². The van der Waals surface area contributed by atoms with Gasteiger partial charge in [-0.3, -0.25) is 9.59 Å². The standard InChI is InChI=1S/C22H18ClN3O4S/c23-17-8-6-16(7-9-17)20-10-11-21(27)25(24-20)14-22(28)26(18-4-2-1-3-5-18)19-12-13-31(29,30)15-19/h1-13,19H,14-15H2/t19-/m1/s1. The summed E-state index contributed by atoms with van der Waals surface area (Å²) in [5.41, 5.74) is 1.36. The third-order valence-electron chi connectivity index (χ3n) is 4.84. The second-order valence-electron chi connectivity index (χ2n) is 7.05. The molecule has 1 aliphatic heterocycles. The number of amides is 1. The Hall–Kier alpha value is -3.23. The number of benzene rings is 2. The number of hydrogen-bond acceptors (Lipinski definition) is 5. The first-order valence-electron chi connectivity index (χ1n) is 9.44. The van der Waals surface area contributed by atoms with Crippen molar-refractivity contribution in [3.8, 4) is 11.3 Å². The van der Waals surface area contributed by atoms with Gasteiger partial charge >= 0.3 is 0 Å². The van der Waals surface area contributed by atoms with Gasteiger partial charge < -0.3 is 4.90 Å². The number of rotatable bonds is 5. The molecule has 0 radical (unpaired) electrons. The highest BCUT2D eigenvalue weighted by Crippen LogP contribution is 2.23. The van der Waals surface area contributed by atoms with Gasteiger partial charge in [-0.25, -0.2) is 13.1 Å². The quantitative estimate of drug-likeness (QED) is 0.590. The third-order valence-corrected chi connectivity index (χ3v) is 6.47. The molecule has 0 unspecified atom stereocenters. The van der Waals surface area contributed by atoms with Crippen LogP contribution in [0.25, 0.3) is 11.3 Å². The Kier molecular flexibility index (Phi) is 5.75. The Morgan fingerprint density at radius 2 is 1.77 bits per heavy atom. The number of halogens is 1. The molecule has 0 bridgehead atoms. The molecule has 2 aromatic carbocycles. The molecule has 0 fully saturated rings. The molecule has 3 aromatic rings. The van der Waals surface area contributed by atoms with Crippen molar-refractivity contribution in [2.24, 2.45) is 0 Å². The summed E-state index contributed by atoms with van der Waals surface area (Å²) in [5, 5.41) is 6.01. The van der Waals surface area contributed by atoms with Crippen LogP contribution in [-0.2, 0) is 21.2 Å². The van der Waals surface area contributed by atoms with Crippen LogP contribution in [0.5, 0.6) is 0 Å². The van der Waals surface area contributed by atoms with Gasteiger partial charge in [-0.05, 0) is 36.4 Å². The van der Waals surface area contributed by atoms with Crippen LogP contribution < -0.4 is 10.5 Å². The average molecular weight is 456 g/mol. The van der Waals surface area contributed by atoms with Gasteiger partial charge in [0.25, 0.3) is 5.56 Å². The summed E-state index contributed by atoms with van der Waals surface area (Å²) in [6, 6.07) is 18.0. The van der Waals surface area contributed by atoms with E-state index in [1.165, 1.54) is 17.0 Å². The summed E-state index contributed by atoms with van der Waals surface area (Å²) in [5.74, 6) is -0.651. The number of sulfone groups is 1. The molecule has 2 heterocycles. The van der Waals surface area contributed by atoms with Crippen molar-refractivity contribution in [3.63, 3.8) is 0 Å². The summed E-state index contributed by atoms with van der Waals surface area (Å²) in [6.45, 7) is -0.334. The molecule has 9 heteroatoms. The van der Waals surface area contributed by atoms with E-state index in [-0.39, 0.29) is 12.3 Å². The molecule has 1 atom stereocenters. The summed E-state index contributed by atoms with van der Waals surface area (Å²) >= 11 is 5.93. The average Bonchev–Trinajstić information content (AvgIpc) is 3.10. The topological polar surface area (TPSA) is 89.3 Å². The number of para-hydroxylation sites is 1. The van der Waals surface area contributed by atoms with Gasteiger partial charge in [0.2, 0.25) is 5.91 Å². The summed E-state index contributed by atoms with van der Waals surface area (Å²) in [6.07, 6.45) is 1.49. The normalized spacial score (nSPS) is 16.9. The predicted octanol–water partition coefficient (Wildman–Crippen LogP) is 2.91. The van der Waals surface area contributed by atoms with Gasteiger partial charge in [0.15, 0.2) is 9.84 Å². The molecule has 158 valence electrons. The van der Waals surface area contributed by atoms with Gasteiger partial charge in [-0.1, -0.05) is 41.9 Å². The van der Waals surface area contributed by atoms with E-state index in [1.54, 1.807) is 60.7 Å². The van der Waals surface area contributed by atoms with E-state index >= 15 is 0 Å². The van der Waals surface area contributed by atoms with E-state index < -0.39 is 27.3 Å². The number of anilines is 1. The molecule has 31 heavy (non-hydrogen) atoms. The molecule has 1 aliphatic rings. The largest absolute Gasteiger partial charge is 0.303 e. The molecule has 0 N–H and O–H groups in total. The Balaban J connectivity index is 1.66. The summed E-state index contributed by atoms with van der Waals surface area (Å²) in [7, 11) is -3.38. The summed E-state index contributed by atoms with van der Waals surface area (Å²) in [4.78, 5) is 27.0. The SMILES string of the molecule is O=C(Cn1nc(-c2ccc(Cl)cc2)ccc1=O)N(c1ccccc1)[C@@H]1C=CS(=O)(=O)C1. The molecule has 0 aliphatic carbocycles. The van der Waals surface area contributed by atoms with E-state index in [0.717, 1.165) is 15.7 Å². The molecule has 1 amide bonds. The Labute approximate surface area is 184 Å². The maximum absolute atomic E-state index is 13.2.